The molecule has 7 heteroatoms. The van der Waals surface area contributed by atoms with E-state index in [-0.39, 0.29) is 5.75 Å². The minimum Gasteiger partial charge on any atom is -0.504 e. The number of nitrogens with one attached hydrogen (secondary N) is 1. The number of aryl methyl sites for hydroxylation is 2. The molecule has 0 fully saturated rings. The van der Waals surface area contributed by atoms with E-state index in [9.17, 15) is 5.11 Å². The van der Waals surface area contributed by atoms with Gasteiger partial charge in [-0.2, -0.15) is 5.10 Å². The zero-order valence-electron chi connectivity index (χ0n) is 13.0. The third kappa shape index (κ3) is 2.95. The third-order valence-corrected chi connectivity index (χ3v) is 4.67. The Morgan fingerprint density at radius 3 is 2.87 bits per heavy atom. The summed E-state index contributed by atoms with van der Waals surface area (Å²) in [5, 5.41) is 14.9. The number of ether oxygens (including phenoxy) is 1. The summed E-state index contributed by atoms with van der Waals surface area (Å²) in [5.74, 6) is 1.17. The largest absolute Gasteiger partial charge is 0.504 e. The molecular weight excluding hydrogens is 312 g/mol. The fourth-order valence-electron chi connectivity index (χ4n) is 2.22. The molecule has 0 aliphatic rings. The summed E-state index contributed by atoms with van der Waals surface area (Å²) in [7, 11) is 1.51. The number of methoxy groups -OCH3 is 1. The van der Waals surface area contributed by atoms with Crippen LogP contribution in [0.1, 0.15) is 16.0 Å². The Hall–Kier alpha value is -2.67. The van der Waals surface area contributed by atoms with Crippen LogP contribution in [0.4, 0.5) is 5.82 Å². The number of hydrogen-bond donors (Lipinski definition) is 2. The zero-order valence-corrected chi connectivity index (χ0v) is 13.8. The van der Waals surface area contributed by atoms with Crippen LogP contribution in [0.3, 0.4) is 0 Å². The molecule has 2 N–H and O–H groups in total. The molecule has 0 aliphatic heterocycles. The van der Waals surface area contributed by atoms with Gasteiger partial charge in [-0.3, -0.25) is 5.43 Å². The molecule has 2 heterocycles. The van der Waals surface area contributed by atoms with Gasteiger partial charge in [-0.15, -0.1) is 11.3 Å². The molecule has 118 valence electrons. The summed E-state index contributed by atoms with van der Waals surface area (Å²) in [6.45, 7) is 4.11. The Labute approximate surface area is 137 Å². The van der Waals surface area contributed by atoms with Crippen LogP contribution in [-0.2, 0) is 0 Å². The average Bonchev–Trinajstić information content (AvgIpc) is 2.83. The summed E-state index contributed by atoms with van der Waals surface area (Å²) in [6.07, 6.45) is 3.14. The van der Waals surface area contributed by atoms with Crippen LogP contribution >= 0.6 is 11.3 Å². The molecule has 6 nitrogen and oxygen atoms in total. The second-order valence-electron chi connectivity index (χ2n) is 4.99. The summed E-state index contributed by atoms with van der Waals surface area (Å²) in [4.78, 5) is 10.7. The average molecular weight is 328 g/mol. The third-order valence-electron chi connectivity index (χ3n) is 3.55. The standard InChI is InChI=1S/C16H16N4O2S/c1-9-10(2)23-16-14(9)15(17-8-18-16)20-19-7-11-4-5-13(22-3)12(21)6-11/h4-8,21H,1-3H3,(H,17,18,20). The monoisotopic (exact) mass is 328 g/mol. The van der Waals surface area contributed by atoms with Crippen LogP contribution in [0.15, 0.2) is 29.6 Å². The van der Waals surface area contributed by atoms with Gasteiger partial charge in [0.2, 0.25) is 0 Å². The predicted molar refractivity (Wildman–Crippen MR) is 92.8 cm³/mol. The van der Waals surface area contributed by atoms with Gasteiger partial charge in [-0.25, -0.2) is 9.97 Å². The predicted octanol–water partition coefficient (Wildman–Crippen LogP) is 3.47. The number of hydrazone groups is 1. The number of nitrogens with zero attached hydrogens (tertiary/aromatic N) is 3. The van der Waals surface area contributed by atoms with Crippen LogP contribution in [0, 0.1) is 13.8 Å². The van der Waals surface area contributed by atoms with Crippen LogP contribution in [0.2, 0.25) is 0 Å². The summed E-state index contributed by atoms with van der Waals surface area (Å²) < 4.78 is 5.01. The molecule has 0 saturated carbocycles. The Morgan fingerprint density at radius 1 is 1.30 bits per heavy atom. The fraction of sp³-hybridized carbons (Fsp3) is 0.188. The van der Waals surface area contributed by atoms with Crippen molar-refractivity contribution in [1.29, 1.82) is 0 Å². The molecule has 0 radical (unpaired) electrons. The quantitative estimate of drug-likeness (QED) is 0.566. The lowest BCUT2D eigenvalue weighted by molar-refractivity contribution is 0.373. The molecule has 0 spiro atoms. The van der Waals surface area contributed by atoms with Gasteiger partial charge in [0.15, 0.2) is 17.3 Å². The molecular formula is C16H16N4O2S. The zero-order chi connectivity index (χ0) is 16.4. The van der Waals surface area contributed by atoms with E-state index in [2.05, 4.69) is 27.4 Å². The van der Waals surface area contributed by atoms with E-state index < -0.39 is 0 Å². The number of hydrogen-bond acceptors (Lipinski definition) is 7. The molecule has 0 bridgehead atoms. The van der Waals surface area contributed by atoms with Crippen molar-refractivity contribution < 1.29 is 9.84 Å². The first-order chi connectivity index (χ1) is 11.1. The molecule has 3 rings (SSSR count). The van der Waals surface area contributed by atoms with Crippen molar-refractivity contribution in [3.05, 3.63) is 40.5 Å². The highest BCUT2D eigenvalue weighted by atomic mass is 32.1. The number of anilines is 1. The smallest absolute Gasteiger partial charge is 0.160 e. The van der Waals surface area contributed by atoms with Gasteiger partial charge in [0, 0.05) is 4.88 Å². The lowest BCUT2D eigenvalue weighted by atomic mass is 10.2. The molecule has 3 aromatic rings. The first-order valence-corrected chi connectivity index (χ1v) is 7.78. The minimum absolute atomic E-state index is 0.0742. The maximum absolute atomic E-state index is 9.76. The van der Waals surface area contributed by atoms with Crippen molar-refractivity contribution in [3.63, 3.8) is 0 Å². The van der Waals surface area contributed by atoms with Gasteiger partial charge in [-0.1, -0.05) is 0 Å². The molecule has 1 aromatic carbocycles. The first-order valence-electron chi connectivity index (χ1n) is 6.97. The number of fused-ring (bicyclic) bond motifs is 1. The number of thiophene rings is 1. The number of rotatable bonds is 4. The van der Waals surface area contributed by atoms with E-state index in [1.165, 1.54) is 18.3 Å². The Balaban J connectivity index is 1.84. The van der Waals surface area contributed by atoms with Crippen molar-refractivity contribution in [2.24, 2.45) is 5.10 Å². The SMILES string of the molecule is COc1ccc(C=NNc2ncnc3sc(C)c(C)c23)cc1O. The maximum atomic E-state index is 9.76. The number of phenolic OH excluding ortho intramolecular Hbond substituents is 1. The van der Waals surface area contributed by atoms with Gasteiger partial charge in [0.1, 0.15) is 11.2 Å². The number of aromatic hydroxyl groups is 1. The fourth-order valence-corrected chi connectivity index (χ4v) is 3.22. The van der Waals surface area contributed by atoms with Crippen molar-refractivity contribution in [2.75, 3.05) is 12.5 Å². The summed E-state index contributed by atoms with van der Waals surface area (Å²) in [5.41, 5.74) is 4.86. The number of benzene rings is 1. The van der Waals surface area contributed by atoms with Crippen LogP contribution in [0.25, 0.3) is 10.2 Å². The lowest BCUT2D eigenvalue weighted by Crippen LogP contribution is -1.95. The van der Waals surface area contributed by atoms with E-state index >= 15 is 0 Å². The lowest BCUT2D eigenvalue weighted by Gasteiger charge is -2.04. The molecule has 0 atom stereocenters. The molecule has 0 unspecified atom stereocenters. The van der Waals surface area contributed by atoms with E-state index in [1.807, 2.05) is 6.92 Å². The summed E-state index contributed by atoms with van der Waals surface area (Å²) in [6, 6.07) is 5.07. The van der Waals surface area contributed by atoms with Gasteiger partial charge >= 0.3 is 0 Å². The van der Waals surface area contributed by atoms with Crippen molar-refractivity contribution >= 4 is 33.6 Å². The highest BCUT2D eigenvalue weighted by molar-refractivity contribution is 7.18. The molecule has 23 heavy (non-hydrogen) atoms. The van der Waals surface area contributed by atoms with Gasteiger partial charge in [-0.05, 0) is 43.2 Å². The van der Waals surface area contributed by atoms with Gasteiger partial charge in [0.25, 0.3) is 0 Å². The Bertz CT molecular complexity index is 889. The highest BCUT2D eigenvalue weighted by Gasteiger charge is 2.11. The molecule has 0 amide bonds. The van der Waals surface area contributed by atoms with Crippen molar-refractivity contribution in [2.45, 2.75) is 13.8 Å². The van der Waals surface area contributed by atoms with E-state index in [4.69, 9.17) is 4.74 Å². The van der Waals surface area contributed by atoms with Crippen molar-refractivity contribution in [1.82, 2.24) is 9.97 Å². The first kappa shape index (κ1) is 15.2. The second-order valence-corrected chi connectivity index (χ2v) is 6.19. The second kappa shape index (κ2) is 6.21. The van der Waals surface area contributed by atoms with Gasteiger partial charge in [0.05, 0.1) is 18.7 Å². The maximum Gasteiger partial charge on any atom is 0.160 e. The van der Waals surface area contributed by atoms with Crippen molar-refractivity contribution in [3.8, 4) is 11.5 Å². The van der Waals surface area contributed by atoms with E-state index in [0.717, 1.165) is 21.3 Å². The van der Waals surface area contributed by atoms with Crippen LogP contribution in [-0.4, -0.2) is 28.4 Å². The minimum atomic E-state index is 0.0742. The Morgan fingerprint density at radius 2 is 2.13 bits per heavy atom. The normalized spacial score (nSPS) is 11.3. The number of phenols is 1. The Kier molecular flexibility index (Phi) is 4.12. The highest BCUT2D eigenvalue weighted by Crippen LogP contribution is 2.32. The molecule has 0 saturated heterocycles. The molecule has 2 aromatic heterocycles. The van der Waals surface area contributed by atoms with Crippen LogP contribution in [0.5, 0.6) is 11.5 Å². The molecule has 0 aliphatic carbocycles. The van der Waals surface area contributed by atoms with Crippen LogP contribution < -0.4 is 10.2 Å². The van der Waals surface area contributed by atoms with Gasteiger partial charge < -0.3 is 9.84 Å². The summed E-state index contributed by atoms with van der Waals surface area (Å²) >= 11 is 1.64. The topological polar surface area (TPSA) is 79.6 Å². The number of aromatic nitrogens is 2. The van der Waals surface area contributed by atoms with E-state index in [1.54, 1.807) is 35.8 Å². The van der Waals surface area contributed by atoms with E-state index in [0.29, 0.717) is 11.6 Å².